The molecule has 106 valence electrons. The molecule has 1 aromatic carbocycles. The number of anilines is 1. The van der Waals surface area contributed by atoms with E-state index in [1.54, 1.807) is 6.33 Å². The van der Waals surface area contributed by atoms with Gasteiger partial charge in [0.15, 0.2) is 0 Å². The molecule has 0 atom stereocenters. The molecule has 0 aliphatic carbocycles. The summed E-state index contributed by atoms with van der Waals surface area (Å²) in [4.78, 5) is 2.33. The third kappa shape index (κ3) is 2.60. The molecule has 6 heteroatoms. The highest BCUT2D eigenvalue weighted by atomic mass is 16.5. The number of benzene rings is 1. The summed E-state index contributed by atoms with van der Waals surface area (Å²) in [6.45, 7) is 6.17. The van der Waals surface area contributed by atoms with Crippen molar-refractivity contribution in [2.75, 3.05) is 18.9 Å². The van der Waals surface area contributed by atoms with Crippen molar-refractivity contribution in [2.45, 2.75) is 26.6 Å². The van der Waals surface area contributed by atoms with Crippen LogP contribution in [0.2, 0.25) is 0 Å². The van der Waals surface area contributed by atoms with Crippen LogP contribution in [0.3, 0.4) is 0 Å². The minimum Gasteiger partial charge on any atom is -0.494 e. The molecule has 0 spiro atoms. The fourth-order valence-electron chi connectivity index (χ4n) is 2.51. The Morgan fingerprint density at radius 3 is 3.10 bits per heavy atom. The van der Waals surface area contributed by atoms with E-state index >= 15 is 0 Å². The van der Waals surface area contributed by atoms with Gasteiger partial charge in [-0.1, -0.05) is 0 Å². The molecule has 2 heterocycles. The molecule has 0 fully saturated rings. The van der Waals surface area contributed by atoms with Gasteiger partial charge in [0.2, 0.25) is 0 Å². The van der Waals surface area contributed by atoms with Gasteiger partial charge in [-0.15, -0.1) is 10.2 Å². The van der Waals surface area contributed by atoms with Crippen molar-refractivity contribution in [2.24, 2.45) is 0 Å². The van der Waals surface area contributed by atoms with Crippen molar-refractivity contribution < 1.29 is 4.74 Å². The Morgan fingerprint density at radius 2 is 2.25 bits per heavy atom. The largest absolute Gasteiger partial charge is 0.494 e. The molecule has 3 rings (SSSR count). The van der Waals surface area contributed by atoms with Gasteiger partial charge in [-0.3, -0.25) is 4.90 Å². The Kier molecular flexibility index (Phi) is 3.56. The maximum absolute atomic E-state index is 5.89. The lowest BCUT2D eigenvalue weighted by Crippen LogP contribution is -2.33. The topological polar surface area (TPSA) is 69.2 Å². The van der Waals surface area contributed by atoms with Gasteiger partial charge < -0.3 is 15.0 Å². The Morgan fingerprint density at radius 1 is 1.35 bits per heavy atom. The predicted molar refractivity (Wildman–Crippen MR) is 76.2 cm³/mol. The minimum atomic E-state index is 0.658. The number of nitrogens with two attached hydrogens (primary N) is 1. The first kappa shape index (κ1) is 12.9. The molecule has 6 nitrogen and oxygen atoms in total. The number of fused-ring (bicyclic) bond motifs is 1. The summed E-state index contributed by atoms with van der Waals surface area (Å²) in [7, 11) is 0. The smallest absolute Gasteiger partial charge is 0.147 e. The number of nitrogens with zero attached hydrogens (tertiary/aromatic N) is 4. The predicted octanol–water partition coefficient (Wildman–Crippen LogP) is 1.27. The Balaban J connectivity index is 1.76. The van der Waals surface area contributed by atoms with Gasteiger partial charge in [0.05, 0.1) is 13.2 Å². The Bertz CT molecular complexity index is 595. The second-order valence-electron chi connectivity index (χ2n) is 4.95. The van der Waals surface area contributed by atoms with E-state index in [0.29, 0.717) is 6.61 Å². The second-order valence-corrected chi connectivity index (χ2v) is 4.95. The molecule has 2 aromatic rings. The van der Waals surface area contributed by atoms with Gasteiger partial charge in [-0.25, -0.2) is 0 Å². The molecule has 20 heavy (non-hydrogen) atoms. The Labute approximate surface area is 118 Å². The standard InChI is InChI=1S/C14H19N5O/c1-2-20-13-4-3-12(15)7-11(13)8-18-5-6-19-10-16-17-14(19)9-18/h3-4,7,10H,2,5-6,8-9,15H2,1H3. The number of rotatable bonds is 4. The molecule has 0 radical (unpaired) electrons. The summed E-state index contributed by atoms with van der Waals surface area (Å²) >= 11 is 0. The van der Waals surface area contributed by atoms with Crippen LogP contribution in [0.4, 0.5) is 5.69 Å². The quantitative estimate of drug-likeness (QED) is 0.850. The highest BCUT2D eigenvalue weighted by molar-refractivity contribution is 5.47. The van der Waals surface area contributed by atoms with Crippen LogP contribution in [-0.4, -0.2) is 32.8 Å². The molecule has 0 amide bonds. The summed E-state index contributed by atoms with van der Waals surface area (Å²) in [6, 6.07) is 5.81. The zero-order valence-corrected chi connectivity index (χ0v) is 11.6. The van der Waals surface area contributed by atoms with Crippen LogP contribution >= 0.6 is 0 Å². The number of hydrogen-bond donors (Lipinski definition) is 1. The van der Waals surface area contributed by atoms with Gasteiger partial charge in [0.25, 0.3) is 0 Å². The van der Waals surface area contributed by atoms with Crippen molar-refractivity contribution in [1.29, 1.82) is 0 Å². The van der Waals surface area contributed by atoms with Crippen LogP contribution < -0.4 is 10.5 Å². The molecule has 0 bridgehead atoms. The fraction of sp³-hybridized carbons (Fsp3) is 0.429. The number of hydrogen-bond acceptors (Lipinski definition) is 5. The summed E-state index contributed by atoms with van der Waals surface area (Å²) < 4.78 is 7.77. The summed E-state index contributed by atoms with van der Waals surface area (Å²) in [5, 5.41) is 8.09. The lowest BCUT2D eigenvalue weighted by atomic mass is 10.1. The lowest BCUT2D eigenvalue weighted by molar-refractivity contribution is 0.205. The van der Waals surface area contributed by atoms with E-state index in [1.807, 2.05) is 25.1 Å². The Hall–Kier alpha value is -2.08. The number of nitrogen functional groups attached to an aromatic ring is 1. The first-order chi connectivity index (χ1) is 9.76. The van der Waals surface area contributed by atoms with Gasteiger partial charge in [-0.2, -0.15) is 0 Å². The summed E-state index contributed by atoms with van der Waals surface area (Å²) in [5.74, 6) is 1.92. The molecule has 0 saturated carbocycles. The van der Waals surface area contributed by atoms with Crippen LogP contribution in [0.5, 0.6) is 5.75 Å². The van der Waals surface area contributed by atoms with Gasteiger partial charge in [-0.05, 0) is 25.1 Å². The van der Waals surface area contributed by atoms with Crippen molar-refractivity contribution in [3.8, 4) is 5.75 Å². The number of aromatic nitrogens is 3. The van der Waals surface area contributed by atoms with E-state index in [9.17, 15) is 0 Å². The highest BCUT2D eigenvalue weighted by Gasteiger charge is 2.18. The van der Waals surface area contributed by atoms with Gasteiger partial charge >= 0.3 is 0 Å². The van der Waals surface area contributed by atoms with Crippen molar-refractivity contribution >= 4 is 5.69 Å². The summed E-state index contributed by atoms with van der Waals surface area (Å²) in [6.07, 6.45) is 1.79. The highest BCUT2D eigenvalue weighted by Crippen LogP contribution is 2.24. The summed E-state index contributed by atoms with van der Waals surface area (Å²) in [5.41, 5.74) is 7.78. The van der Waals surface area contributed by atoms with E-state index in [2.05, 4.69) is 19.7 Å². The van der Waals surface area contributed by atoms with Crippen LogP contribution in [-0.2, 0) is 19.6 Å². The van der Waals surface area contributed by atoms with Crippen molar-refractivity contribution in [1.82, 2.24) is 19.7 Å². The number of ether oxygens (including phenoxy) is 1. The SMILES string of the molecule is CCOc1ccc(N)cc1CN1CCn2cnnc2C1. The van der Waals surface area contributed by atoms with E-state index in [-0.39, 0.29) is 0 Å². The molecule has 2 N–H and O–H groups in total. The molecule has 1 aromatic heterocycles. The van der Waals surface area contributed by atoms with E-state index < -0.39 is 0 Å². The average molecular weight is 273 g/mol. The zero-order chi connectivity index (χ0) is 13.9. The molecule has 0 saturated heterocycles. The lowest BCUT2D eigenvalue weighted by Gasteiger charge is -2.27. The molecule has 1 aliphatic rings. The molecule has 1 aliphatic heterocycles. The third-order valence-electron chi connectivity index (χ3n) is 3.50. The van der Waals surface area contributed by atoms with Crippen molar-refractivity contribution in [3.63, 3.8) is 0 Å². The molecular weight excluding hydrogens is 254 g/mol. The van der Waals surface area contributed by atoms with Crippen LogP contribution in [0.1, 0.15) is 18.3 Å². The monoisotopic (exact) mass is 273 g/mol. The normalized spacial score (nSPS) is 15.1. The molecular formula is C14H19N5O. The first-order valence-corrected chi connectivity index (χ1v) is 6.86. The van der Waals surface area contributed by atoms with E-state index in [4.69, 9.17) is 10.5 Å². The minimum absolute atomic E-state index is 0.658. The van der Waals surface area contributed by atoms with E-state index in [0.717, 1.165) is 49.0 Å². The van der Waals surface area contributed by atoms with Crippen LogP contribution in [0.25, 0.3) is 0 Å². The first-order valence-electron chi connectivity index (χ1n) is 6.86. The van der Waals surface area contributed by atoms with Crippen molar-refractivity contribution in [3.05, 3.63) is 35.9 Å². The fourth-order valence-corrected chi connectivity index (χ4v) is 2.51. The maximum Gasteiger partial charge on any atom is 0.147 e. The molecule has 0 unspecified atom stereocenters. The van der Waals surface area contributed by atoms with Gasteiger partial charge in [0.1, 0.15) is 17.9 Å². The average Bonchev–Trinajstić information content (AvgIpc) is 2.89. The zero-order valence-electron chi connectivity index (χ0n) is 11.6. The third-order valence-corrected chi connectivity index (χ3v) is 3.50. The van der Waals surface area contributed by atoms with Gasteiger partial charge in [0, 0.05) is 30.9 Å². The maximum atomic E-state index is 5.89. The van der Waals surface area contributed by atoms with E-state index in [1.165, 1.54) is 0 Å². The van der Waals surface area contributed by atoms with Crippen LogP contribution in [0, 0.1) is 0 Å². The second kappa shape index (κ2) is 5.50. The van der Waals surface area contributed by atoms with Crippen LogP contribution in [0.15, 0.2) is 24.5 Å².